The quantitative estimate of drug-likeness (QED) is 0.726. The highest BCUT2D eigenvalue weighted by molar-refractivity contribution is 5.37. The zero-order chi connectivity index (χ0) is 10.6. The molecule has 4 nitrogen and oxygen atoms in total. The van der Waals surface area contributed by atoms with Crippen LogP contribution in [0.1, 0.15) is 26.0 Å². The summed E-state index contributed by atoms with van der Waals surface area (Å²) < 4.78 is 0. The van der Waals surface area contributed by atoms with Crippen LogP contribution in [-0.4, -0.2) is 23.1 Å². The van der Waals surface area contributed by atoms with Crippen LogP contribution in [0.5, 0.6) is 0 Å². The molecule has 0 spiro atoms. The van der Waals surface area contributed by atoms with Gasteiger partial charge >= 0.3 is 0 Å². The van der Waals surface area contributed by atoms with Gasteiger partial charge in [-0.2, -0.15) is 5.26 Å². The Hall–Kier alpha value is -1.63. The third kappa shape index (κ3) is 2.19. The Balaban J connectivity index is 2.82. The summed E-state index contributed by atoms with van der Waals surface area (Å²) in [7, 11) is 1.98. The van der Waals surface area contributed by atoms with E-state index in [0.717, 1.165) is 12.2 Å². The van der Waals surface area contributed by atoms with E-state index in [1.165, 1.54) is 6.20 Å². The lowest BCUT2D eigenvalue weighted by Gasteiger charge is -2.24. The Morgan fingerprint density at radius 1 is 1.50 bits per heavy atom. The molecule has 1 atom stereocenters. The molecule has 0 aliphatic rings. The van der Waals surface area contributed by atoms with E-state index < -0.39 is 0 Å². The van der Waals surface area contributed by atoms with Crippen molar-refractivity contribution in [3.8, 4) is 6.07 Å². The molecule has 74 valence electrons. The molecule has 0 saturated carbocycles. The highest BCUT2D eigenvalue weighted by atomic mass is 15.2. The van der Waals surface area contributed by atoms with Gasteiger partial charge in [0.2, 0.25) is 0 Å². The van der Waals surface area contributed by atoms with Gasteiger partial charge in [-0.3, -0.25) is 0 Å². The van der Waals surface area contributed by atoms with Crippen LogP contribution in [0, 0.1) is 11.3 Å². The predicted octanol–water partition coefficient (Wildman–Crippen LogP) is 1.58. The number of aromatic nitrogens is 2. The van der Waals surface area contributed by atoms with Crippen molar-refractivity contribution in [3.63, 3.8) is 0 Å². The Kier molecular flexibility index (Phi) is 3.41. The van der Waals surface area contributed by atoms with Crippen molar-refractivity contribution in [2.24, 2.45) is 0 Å². The van der Waals surface area contributed by atoms with Crippen molar-refractivity contribution in [3.05, 3.63) is 18.1 Å². The van der Waals surface area contributed by atoms with E-state index in [2.05, 4.69) is 23.8 Å². The van der Waals surface area contributed by atoms with Crippen LogP contribution in [0.2, 0.25) is 0 Å². The molecule has 1 rings (SSSR count). The molecule has 0 aliphatic carbocycles. The van der Waals surface area contributed by atoms with Gasteiger partial charge in [0.15, 0.2) is 5.69 Å². The Morgan fingerprint density at radius 2 is 2.21 bits per heavy atom. The van der Waals surface area contributed by atoms with Crippen LogP contribution in [0.25, 0.3) is 0 Å². The molecule has 0 N–H and O–H groups in total. The number of nitriles is 1. The van der Waals surface area contributed by atoms with Gasteiger partial charge in [-0.1, -0.05) is 6.92 Å². The predicted molar refractivity (Wildman–Crippen MR) is 54.9 cm³/mol. The summed E-state index contributed by atoms with van der Waals surface area (Å²) in [5.41, 5.74) is 0.353. The summed E-state index contributed by atoms with van der Waals surface area (Å²) >= 11 is 0. The first-order chi connectivity index (χ1) is 6.69. The standard InChI is InChI=1S/C10H14N4/c1-4-8(2)14(3)10-7-12-9(5-11)6-13-10/h6-8H,4H2,1-3H3. The van der Waals surface area contributed by atoms with Gasteiger partial charge in [0.25, 0.3) is 0 Å². The highest BCUT2D eigenvalue weighted by Crippen LogP contribution is 2.11. The van der Waals surface area contributed by atoms with Crippen molar-refractivity contribution in [1.29, 1.82) is 5.26 Å². The fourth-order valence-electron chi connectivity index (χ4n) is 1.06. The minimum atomic E-state index is 0.353. The van der Waals surface area contributed by atoms with Crippen molar-refractivity contribution in [2.45, 2.75) is 26.3 Å². The molecule has 0 radical (unpaired) electrons. The van der Waals surface area contributed by atoms with Gasteiger partial charge in [-0.15, -0.1) is 0 Å². The molecule has 14 heavy (non-hydrogen) atoms. The Morgan fingerprint density at radius 3 is 2.64 bits per heavy atom. The van der Waals surface area contributed by atoms with E-state index in [-0.39, 0.29) is 0 Å². The van der Waals surface area contributed by atoms with E-state index in [9.17, 15) is 0 Å². The van der Waals surface area contributed by atoms with Crippen molar-refractivity contribution in [2.75, 3.05) is 11.9 Å². The van der Waals surface area contributed by atoms with Crippen molar-refractivity contribution >= 4 is 5.82 Å². The lowest BCUT2D eigenvalue weighted by molar-refractivity contribution is 0.655. The highest BCUT2D eigenvalue weighted by Gasteiger charge is 2.08. The van der Waals surface area contributed by atoms with Gasteiger partial charge < -0.3 is 4.90 Å². The Bertz CT molecular complexity index is 325. The number of hydrogen-bond acceptors (Lipinski definition) is 4. The maximum atomic E-state index is 8.56. The minimum Gasteiger partial charge on any atom is -0.356 e. The lowest BCUT2D eigenvalue weighted by Crippen LogP contribution is -2.28. The normalized spacial score (nSPS) is 11.9. The summed E-state index contributed by atoms with van der Waals surface area (Å²) in [6.07, 6.45) is 4.18. The van der Waals surface area contributed by atoms with Crippen LogP contribution in [0.15, 0.2) is 12.4 Å². The molecular weight excluding hydrogens is 176 g/mol. The van der Waals surface area contributed by atoms with E-state index >= 15 is 0 Å². The second kappa shape index (κ2) is 4.56. The second-order valence-electron chi connectivity index (χ2n) is 3.24. The third-order valence-corrected chi connectivity index (χ3v) is 2.37. The van der Waals surface area contributed by atoms with E-state index in [1.54, 1.807) is 6.20 Å². The molecule has 0 saturated heterocycles. The maximum Gasteiger partial charge on any atom is 0.158 e. The van der Waals surface area contributed by atoms with E-state index in [4.69, 9.17) is 5.26 Å². The number of nitrogens with zero attached hydrogens (tertiary/aromatic N) is 4. The molecule has 1 aromatic rings. The first-order valence-electron chi connectivity index (χ1n) is 4.64. The molecule has 4 heteroatoms. The van der Waals surface area contributed by atoms with Gasteiger partial charge in [0, 0.05) is 13.1 Å². The monoisotopic (exact) mass is 190 g/mol. The molecular formula is C10H14N4. The smallest absolute Gasteiger partial charge is 0.158 e. The molecule has 0 aliphatic heterocycles. The number of anilines is 1. The van der Waals surface area contributed by atoms with Crippen molar-refractivity contribution < 1.29 is 0 Å². The molecule has 1 unspecified atom stereocenters. The number of hydrogen-bond donors (Lipinski definition) is 0. The van der Waals surface area contributed by atoms with Crippen LogP contribution in [-0.2, 0) is 0 Å². The summed E-state index contributed by atoms with van der Waals surface area (Å²) in [6, 6.07) is 2.37. The van der Waals surface area contributed by atoms with E-state index in [0.29, 0.717) is 11.7 Å². The first-order valence-corrected chi connectivity index (χ1v) is 4.64. The molecule has 0 bridgehead atoms. The summed E-state index contributed by atoms with van der Waals surface area (Å²) in [5.74, 6) is 0.804. The van der Waals surface area contributed by atoms with Crippen LogP contribution in [0.4, 0.5) is 5.82 Å². The fourth-order valence-corrected chi connectivity index (χ4v) is 1.06. The van der Waals surface area contributed by atoms with E-state index in [1.807, 2.05) is 18.0 Å². The second-order valence-corrected chi connectivity index (χ2v) is 3.24. The summed E-state index contributed by atoms with van der Waals surface area (Å²) in [4.78, 5) is 10.2. The molecule has 1 aromatic heterocycles. The van der Waals surface area contributed by atoms with Gasteiger partial charge in [-0.25, -0.2) is 9.97 Å². The van der Waals surface area contributed by atoms with Gasteiger partial charge in [0.1, 0.15) is 11.9 Å². The zero-order valence-corrected chi connectivity index (χ0v) is 8.73. The fraction of sp³-hybridized carbons (Fsp3) is 0.500. The summed E-state index contributed by atoms with van der Waals surface area (Å²) in [5, 5.41) is 8.56. The number of rotatable bonds is 3. The van der Waals surface area contributed by atoms with Crippen molar-refractivity contribution in [1.82, 2.24) is 9.97 Å². The van der Waals surface area contributed by atoms with Crippen LogP contribution >= 0.6 is 0 Å². The largest absolute Gasteiger partial charge is 0.356 e. The first kappa shape index (κ1) is 10.5. The average molecular weight is 190 g/mol. The molecule has 1 heterocycles. The topological polar surface area (TPSA) is 52.8 Å². The SMILES string of the molecule is CCC(C)N(C)c1cnc(C#N)cn1. The summed E-state index contributed by atoms with van der Waals surface area (Å²) in [6.45, 7) is 4.25. The average Bonchev–Trinajstić information content (AvgIpc) is 2.27. The lowest BCUT2D eigenvalue weighted by atomic mass is 10.2. The minimum absolute atomic E-state index is 0.353. The zero-order valence-electron chi connectivity index (χ0n) is 8.73. The van der Waals surface area contributed by atoms with Gasteiger partial charge in [-0.05, 0) is 13.3 Å². The van der Waals surface area contributed by atoms with Crippen LogP contribution in [0.3, 0.4) is 0 Å². The maximum absolute atomic E-state index is 8.56. The Labute approximate surface area is 84.2 Å². The van der Waals surface area contributed by atoms with Gasteiger partial charge in [0.05, 0.1) is 12.4 Å². The van der Waals surface area contributed by atoms with Crippen LogP contribution < -0.4 is 4.90 Å². The molecule has 0 amide bonds. The molecule has 0 aromatic carbocycles. The third-order valence-electron chi connectivity index (χ3n) is 2.37. The molecule has 0 fully saturated rings.